The van der Waals surface area contributed by atoms with Gasteiger partial charge in [-0.2, -0.15) is 0 Å². The third kappa shape index (κ3) is 12.2. The van der Waals surface area contributed by atoms with Crippen LogP contribution in [0.25, 0.3) is 0 Å². The Morgan fingerprint density at radius 3 is 1.90 bits per heavy atom. The Kier molecular flexibility index (Phi) is 14.7. The van der Waals surface area contributed by atoms with Crippen molar-refractivity contribution < 1.29 is 23.5 Å². The van der Waals surface area contributed by atoms with Crippen LogP contribution in [-0.2, 0) is 31.6 Å². The molecule has 3 N–H and O–H groups in total. The number of nitrogens with one attached hydrogen (secondary N) is 3. The highest BCUT2D eigenvalue weighted by molar-refractivity contribution is 6.74. The van der Waals surface area contributed by atoms with Gasteiger partial charge < -0.3 is 24.7 Å². The van der Waals surface area contributed by atoms with E-state index in [0.717, 1.165) is 24.1 Å². The Bertz CT molecular complexity index is 1370. The van der Waals surface area contributed by atoms with Crippen molar-refractivity contribution in [3.8, 4) is 0 Å². The summed E-state index contributed by atoms with van der Waals surface area (Å²) in [7, 11) is -2.43. The average molecular weight is 709 g/mol. The summed E-state index contributed by atoms with van der Waals surface area (Å²) < 4.78 is 12.9. The second-order valence-electron chi connectivity index (χ2n) is 16.6. The second kappa shape index (κ2) is 17.8. The van der Waals surface area contributed by atoms with Crippen molar-refractivity contribution in [2.24, 2.45) is 11.8 Å². The molecule has 0 radical (unpaired) electrons. The molecule has 2 aromatic rings. The number of carbonyl (C=O) groups excluding carboxylic acids is 3. The van der Waals surface area contributed by atoms with Gasteiger partial charge in [0.2, 0.25) is 11.8 Å². The molecule has 10 heteroatoms. The summed E-state index contributed by atoms with van der Waals surface area (Å²) in [6, 6.07) is 18.8. The molecule has 0 aromatic heterocycles. The van der Waals surface area contributed by atoms with Crippen LogP contribution in [0.15, 0.2) is 60.7 Å². The summed E-state index contributed by atoms with van der Waals surface area (Å²) in [5.74, 6) is -0.904. The number of benzene rings is 2. The molecular formula is C40H64N4O5Si. The minimum Gasteiger partial charge on any atom is -0.444 e. The molecule has 1 aliphatic rings. The lowest BCUT2D eigenvalue weighted by molar-refractivity contribution is -0.146. The number of amides is 3. The van der Waals surface area contributed by atoms with Gasteiger partial charge in [0.25, 0.3) is 0 Å². The molecule has 2 aromatic carbocycles. The molecule has 50 heavy (non-hydrogen) atoms. The smallest absolute Gasteiger partial charge is 0.407 e. The van der Waals surface area contributed by atoms with Crippen molar-refractivity contribution in [1.29, 1.82) is 0 Å². The molecule has 0 saturated carbocycles. The highest BCUT2D eigenvalue weighted by atomic mass is 28.4. The van der Waals surface area contributed by atoms with Gasteiger partial charge in [0, 0.05) is 12.5 Å². The zero-order valence-corrected chi connectivity index (χ0v) is 33.5. The fraction of sp³-hybridized carbons (Fsp3) is 0.625. The predicted molar refractivity (Wildman–Crippen MR) is 204 cm³/mol. The number of carbonyl (C=O) groups is 3. The molecule has 0 spiro atoms. The van der Waals surface area contributed by atoms with Crippen LogP contribution in [0.1, 0.15) is 86.3 Å². The van der Waals surface area contributed by atoms with Crippen molar-refractivity contribution in [3.05, 3.63) is 71.8 Å². The Labute approximate surface area is 302 Å². The van der Waals surface area contributed by atoms with E-state index in [-0.39, 0.29) is 28.9 Å². The quantitative estimate of drug-likeness (QED) is 0.161. The molecular weight excluding hydrogens is 645 g/mol. The lowest BCUT2D eigenvalue weighted by Gasteiger charge is -2.44. The van der Waals surface area contributed by atoms with Crippen LogP contribution in [0.5, 0.6) is 0 Å². The fourth-order valence-corrected chi connectivity index (χ4v) is 7.35. The predicted octanol–water partition coefficient (Wildman–Crippen LogP) is 7.07. The van der Waals surface area contributed by atoms with Crippen LogP contribution in [0.4, 0.5) is 4.79 Å². The van der Waals surface area contributed by atoms with E-state index < -0.39 is 44.1 Å². The summed E-state index contributed by atoms with van der Waals surface area (Å²) >= 11 is 0. The van der Waals surface area contributed by atoms with Gasteiger partial charge in [-0.25, -0.2) is 4.79 Å². The lowest BCUT2D eigenvalue weighted by Crippen LogP contribution is -2.63. The summed E-state index contributed by atoms with van der Waals surface area (Å²) in [6.07, 6.45) is 1.12. The lowest BCUT2D eigenvalue weighted by atomic mass is 9.88. The van der Waals surface area contributed by atoms with Gasteiger partial charge in [0.05, 0.1) is 18.3 Å². The first-order valence-electron chi connectivity index (χ1n) is 18.4. The Hall–Kier alpha value is -3.21. The molecule has 9 nitrogen and oxygen atoms in total. The Balaban J connectivity index is 2.04. The largest absolute Gasteiger partial charge is 0.444 e. The van der Waals surface area contributed by atoms with E-state index >= 15 is 0 Å². The summed E-state index contributed by atoms with van der Waals surface area (Å²) in [4.78, 5) is 43.6. The molecule has 3 rings (SSSR count). The van der Waals surface area contributed by atoms with Crippen molar-refractivity contribution in [3.63, 3.8) is 0 Å². The number of hydrogen-bond acceptors (Lipinski definition) is 6. The van der Waals surface area contributed by atoms with Gasteiger partial charge in [0.1, 0.15) is 11.6 Å². The fourth-order valence-electron chi connectivity index (χ4n) is 5.98. The maximum atomic E-state index is 14.5. The molecule has 1 heterocycles. The summed E-state index contributed by atoms with van der Waals surface area (Å²) in [5.41, 5.74) is 1.37. The van der Waals surface area contributed by atoms with Gasteiger partial charge in [-0.1, -0.05) is 102 Å². The second-order valence-corrected chi connectivity index (χ2v) is 21.4. The van der Waals surface area contributed by atoms with E-state index in [4.69, 9.17) is 9.16 Å². The van der Waals surface area contributed by atoms with Gasteiger partial charge in [-0.3, -0.25) is 14.9 Å². The molecule has 5 atom stereocenters. The third-order valence-corrected chi connectivity index (χ3v) is 14.4. The third-order valence-electron chi connectivity index (χ3n) is 9.89. The molecule has 0 aliphatic carbocycles. The van der Waals surface area contributed by atoms with Gasteiger partial charge in [0.15, 0.2) is 8.32 Å². The van der Waals surface area contributed by atoms with E-state index in [2.05, 4.69) is 49.8 Å². The number of ether oxygens (including phenoxy) is 1. The number of alkyl carbamates (subject to hydrolysis) is 1. The first kappa shape index (κ1) is 41.2. The van der Waals surface area contributed by atoms with Crippen LogP contribution in [-0.4, -0.2) is 74.2 Å². The number of likely N-dealkylation sites (tertiary alicyclic amines) is 1. The molecule has 1 saturated heterocycles. The average Bonchev–Trinajstić information content (AvgIpc) is 3.00. The van der Waals surface area contributed by atoms with Crippen LogP contribution >= 0.6 is 0 Å². The highest BCUT2D eigenvalue weighted by Gasteiger charge is 2.43. The van der Waals surface area contributed by atoms with Crippen LogP contribution < -0.4 is 16.0 Å². The van der Waals surface area contributed by atoms with Crippen LogP contribution in [0, 0.1) is 11.8 Å². The molecule has 1 aliphatic heterocycles. The first-order chi connectivity index (χ1) is 23.3. The molecule has 1 fully saturated rings. The molecule has 3 amide bonds. The van der Waals surface area contributed by atoms with Crippen molar-refractivity contribution >= 4 is 26.2 Å². The Morgan fingerprint density at radius 1 is 0.880 bits per heavy atom. The van der Waals surface area contributed by atoms with E-state index in [1.54, 1.807) is 0 Å². The van der Waals surface area contributed by atoms with E-state index in [9.17, 15) is 14.4 Å². The maximum absolute atomic E-state index is 14.5. The van der Waals surface area contributed by atoms with Gasteiger partial charge in [-0.15, -0.1) is 0 Å². The van der Waals surface area contributed by atoms with E-state index in [0.29, 0.717) is 25.8 Å². The number of nitrogens with zero attached hydrogens (tertiary/aromatic N) is 1. The van der Waals surface area contributed by atoms with Gasteiger partial charge in [-0.05, 0) is 88.2 Å². The normalized spacial score (nSPS) is 17.7. The minimum atomic E-state index is -2.43. The molecule has 0 bridgehead atoms. The maximum Gasteiger partial charge on any atom is 0.407 e. The monoisotopic (exact) mass is 708 g/mol. The summed E-state index contributed by atoms with van der Waals surface area (Å²) in [5, 5.41) is 9.61. The number of hydrogen-bond donors (Lipinski definition) is 3. The molecule has 278 valence electrons. The minimum absolute atomic E-state index is 0.00851. The van der Waals surface area contributed by atoms with E-state index in [1.165, 1.54) is 0 Å². The first-order valence-corrected chi connectivity index (χ1v) is 21.3. The van der Waals surface area contributed by atoms with Crippen molar-refractivity contribution in [2.75, 3.05) is 13.1 Å². The standard InChI is InChI=1S/C40H64N4O5Si/c1-12-41-34-23-24-44(34)37(46)35(28(2)3)43-36(45)31(25-29-19-15-13-16-20-29)27-33(49-50(10,11)40(7,8)9)32(26-30-21-17-14-18-22-30)42-38(47)48-39(4,5)6/h13-22,28,31-35,41H,12,23-27H2,1-11H3,(H,42,47)(H,43,45). The SMILES string of the molecule is CCNC1CCN1C(=O)C(NC(=O)C(Cc1ccccc1)CC(O[Si](C)(C)C(C)(C)C)C(Cc1ccccc1)NC(=O)OC(C)(C)C)C(C)C. The number of rotatable bonds is 16. The van der Waals surface area contributed by atoms with Crippen molar-refractivity contribution in [1.82, 2.24) is 20.9 Å². The summed E-state index contributed by atoms with van der Waals surface area (Å²) in [6.45, 7) is 23.9. The van der Waals surface area contributed by atoms with Crippen LogP contribution in [0.2, 0.25) is 18.1 Å². The topological polar surface area (TPSA) is 109 Å². The highest BCUT2D eigenvalue weighted by Crippen LogP contribution is 2.39. The zero-order chi connectivity index (χ0) is 37.3. The van der Waals surface area contributed by atoms with Crippen molar-refractivity contribution in [2.45, 2.75) is 136 Å². The van der Waals surface area contributed by atoms with E-state index in [1.807, 2.05) is 107 Å². The molecule has 5 unspecified atom stereocenters. The van der Waals surface area contributed by atoms with Crippen LogP contribution in [0.3, 0.4) is 0 Å². The Morgan fingerprint density at radius 2 is 1.44 bits per heavy atom. The van der Waals surface area contributed by atoms with Gasteiger partial charge >= 0.3 is 6.09 Å². The zero-order valence-electron chi connectivity index (χ0n) is 32.5.